The summed E-state index contributed by atoms with van der Waals surface area (Å²) in [5, 5.41) is 3.54. The average molecular weight is 312 g/mol. The van der Waals surface area contributed by atoms with Crippen LogP contribution in [-0.2, 0) is 0 Å². The lowest BCUT2D eigenvalue weighted by atomic mass is 9.76. The molecule has 1 fully saturated rings. The van der Waals surface area contributed by atoms with Gasteiger partial charge in [-0.3, -0.25) is 0 Å². The molecule has 110 valence electrons. The molecule has 21 heavy (non-hydrogen) atoms. The lowest BCUT2D eigenvalue weighted by Crippen LogP contribution is -2.34. The Morgan fingerprint density at radius 3 is 2.33 bits per heavy atom. The highest BCUT2D eigenvalue weighted by Gasteiger charge is 2.31. The van der Waals surface area contributed by atoms with E-state index in [1.54, 1.807) is 0 Å². The smallest absolute Gasteiger partial charge is 0.182 e. The maximum absolute atomic E-state index is 13.5. The molecule has 1 aliphatic rings. The van der Waals surface area contributed by atoms with Crippen LogP contribution in [-0.4, -0.2) is 6.04 Å². The van der Waals surface area contributed by atoms with Crippen LogP contribution in [0.25, 0.3) is 0 Å². The van der Waals surface area contributed by atoms with Crippen molar-refractivity contribution in [3.63, 3.8) is 0 Å². The minimum Gasteiger partial charge on any atom is -0.380 e. The number of benzene rings is 2. The molecule has 1 nitrogen and oxygen atoms in total. The predicted molar refractivity (Wildman–Crippen MR) is 77.2 cm³/mol. The largest absolute Gasteiger partial charge is 0.380 e. The summed E-state index contributed by atoms with van der Waals surface area (Å²) < 4.78 is 39.8. The summed E-state index contributed by atoms with van der Waals surface area (Å²) in [7, 11) is 0. The Hall–Kier alpha value is -1.68. The fourth-order valence-corrected chi connectivity index (χ4v) is 2.75. The molecular weight excluding hydrogens is 299 g/mol. The van der Waals surface area contributed by atoms with E-state index in [1.807, 2.05) is 24.3 Å². The van der Waals surface area contributed by atoms with E-state index in [1.165, 1.54) is 5.56 Å². The number of anilines is 1. The van der Waals surface area contributed by atoms with Crippen LogP contribution in [0, 0.1) is 17.5 Å². The van der Waals surface area contributed by atoms with Crippen LogP contribution >= 0.6 is 11.6 Å². The molecule has 1 saturated carbocycles. The van der Waals surface area contributed by atoms with Crippen molar-refractivity contribution in [2.24, 2.45) is 0 Å². The van der Waals surface area contributed by atoms with Crippen LogP contribution in [0.5, 0.6) is 0 Å². The topological polar surface area (TPSA) is 12.0 Å². The zero-order valence-corrected chi connectivity index (χ0v) is 11.8. The summed E-state index contributed by atoms with van der Waals surface area (Å²) in [6.07, 6.45) is 1.58. The second-order valence-corrected chi connectivity index (χ2v) is 5.75. The number of nitrogens with one attached hydrogen (secondary N) is 1. The molecular formula is C16H13ClF3N. The molecule has 3 rings (SSSR count). The molecule has 2 aromatic rings. The van der Waals surface area contributed by atoms with Crippen molar-refractivity contribution >= 4 is 17.3 Å². The third kappa shape index (κ3) is 3.00. The summed E-state index contributed by atoms with van der Waals surface area (Å²) in [6.45, 7) is 0. The van der Waals surface area contributed by atoms with Crippen molar-refractivity contribution in [2.45, 2.75) is 24.8 Å². The highest BCUT2D eigenvalue weighted by atomic mass is 35.5. The second kappa shape index (κ2) is 5.60. The van der Waals surface area contributed by atoms with Gasteiger partial charge in [0.05, 0.1) is 5.69 Å². The molecule has 0 saturated heterocycles. The molecule has 5 heteroatoms. The fourth-order valence-electron chi connectivity index (χ4n) is 2.62. The first-order valence-corrected chi connectivity index (χ1v) is 7.07. The van der Waals surface area contributed by atoms with Crippen molar-refractivity contribution in [3.8, 4) is 0 Å². The number of hydrogen-bond acceptors (Lipinski definition) is 1. The van der Waals surface area contributed by atoms with Gasteiger partial charge in [0.1, 0.15) is 5.82 Å². The maximum atomic E-state index is 13.5. The minimum absolute atomic E-state index is 0.0152. The maximum Gasteiger partial charge on any atom is 0.182 e. The summed E-state index contributed by atoms with van der Waals surface area (Å²) in [6, 6.07) is 9.13. The Balaban J connectivity index is 1.64. The standard InChI is InChI=1S/C16H13ClF3N/c17-11-3-1-9(2-4-11)10-5-13(6-10)21-15-8-12(18)7-14(19)16(15)20/h1-4,7-8,10,13,21H,5-6H2. The van der Waals surface area contributed by atoms with E-state index in [4.69, 9.17) is 11.6 Å². The predicted octanol–water partition coefficient (Wildman–Crippen LogP) is 5.12. The van der Waals surface area contributed by atoms with Gasteiger partial charge in [-0.15, -0.1) is 0 Å². The first kappa shape index (κ1) is 14.3. The van der Waals surface area contributed by atoms with Crippen LogP contribution in [0.4, 0.5) is 18.9 Å². The van der Waals surface area contributed by atoms with E-state index in [-0.39, 0.29) is 11.7 Å². The van der Waals surface area contributed by atoms with Gasteiger partial charge in [-0.25, -0.2) is 13.2 Å². The molecule has 0 aromatic heterocycles. The van der Waals surface area contributed by atoms with E-state index in [0.29, 0.717) is 17.0 Å². The van der Waals surface area contributed by atoms with Gasteiger partial charge >= 0.3 is 0 Å². The highest BCUT2D eigenvalue weighted by molar-refractivity contribution is 6.30. The molecule has 1 aliphatic carbocycles. The Kier molecular flexibility index (Phi) is 3.81. The van der Waals surface area contributed by atoms with Crippen LogP contribution in [0.15, 0.2) is 36.4 Å². The monoisotopic (exact) mass is 311 g/mol. The van der Waals surface area contributed by atoms with E-state index in [0.717, 1.165) is 18.9 Å². The number of hydrogen-bond donors (Lipinski definition) is 1. The number of rotatable bonds is 3. The van der Waals surface area contributed by atoms with Crippen molar-refractivity contribution in [1.82, 2.24) is 0 Å². The first-order valence-electron chi connectivity index (χ1n) is 6.69. The molecule has 0 atom stereocenters. The Morgan fingerprint density at radius 1 is 1.00 bits per heavy atom. The molecule has 0 unspecified atom stereocenters. The van der Waals surface area contributed by atoms with Crippen LogP contribution in [0.2, 0.25) is 5.02 Å². The lowest BCUT2D eigenvalue weighted by molar-refractivity contribution is 0.371. The van der Waals surface area contributed by atoms with E-state index in [2.05, 4.69) is 5.32 Å². The van der Waals surface area contributed by atoms with E-state index >= 15 is 0 Å². The molecule has 0 bridgehead atoms. The molecule has 2 aromatic carbocycles. The lowest BCUT2D eigenvalue weighted by Gasteiger charge is -2.37. The average Bonchev–Trinajstić information content (AvgIpc) is 2.40. The van der Waals surface area contributed by atoms with Gasteiger partial charge in [0, 0.05) is 23.2 Å². The van der Waals surface area contributed by atoms with Gasteiger partial charge in [0.25, 0.3) is 0 Å². The summed E-state index contributed by atoms with van der Waals surface area (Å²) in [5.41, 5.74) is 1.05. The van der Waals surface area contributed by atoms with Crippen LogP contribution in [0.3, 0.4) is 0 Å². The van der Waals surface area contributed by atoms with E-state index < -0.39 is 17.5 Å². The third-order valence-corrected chi connectivity index (χ3v) is 4.08. The molecule has 0 radical (unpaired) electrons. The van der Waals surface area contributed by atoms with Gasteiger partial charge < -0.3 is 5.32 Å². The Morgan fingerprint density at radius 2 is 1.67 bits per heavy atom. The molecule has 0 heterocycles. The van der Waals surface area contributed by atoms with Crippen molar-refractivity contribution in [2.75, 3.05) is 5.32 Å². The normalized spacial score (nSPS) is 21.0. The Bertz CT molecular complexity index is 651. The molecule has 0 spiro atoms. The minimum atomic E-state index is -1.17. The first-order chi connectivity index (χ1) is 10.0. The Labute approximate surface area is 125 Å². The summed E-state index contributed by atoms with van der Waals surface area (Å²) in [5.74, 6) is -2.64. The fraction of sp³-hybridized carbons (Fsp3) is 0.250. The van der Waals surface area contributed by atoms with Crippen molar-refractivity contribution in [1.29, 1.82) is 0 Å². The van der Waals surface area contributed by atoms with Crippen molar-refractivity contribution in [3.05, 3.63) is 64.4 Å². The summed E-state index contributed by atoms with van der Waals surface area (Å²) >= 11 is 5.84. The van der Waals surface area contributed by atoms with Gasteiger partial charge in [0.15, 0.2) is 11.6 Å². The van der Waals surface area contributed by atoms with E-state index in [9.17, 15) is 13.2 Å². The van der Waals surface area contributed by atoms with Gasteiger partial charge in [0.2, 0.25) is 0 Å². The van der Waals surface area contributed by atoms with Gasteiger partial charge in [-0.1, -0.05) is 23.7 Å². The highest BCUT2D eigenvalue weighted by Crippen LogP contribution is 2.39. The van der Waals surface area contributed by atoms with Crippen LogP contribution in [0.1, 0.15) is 24.3 Å². The summed E-state index contributed by atoms with van der Waals surface area (Å²) in [4.78, 5) is 0. The SMILES string of the molecule is Fc1cc(F)c(F)c(NC2CC(c3ccc(Cl)cc3)C2)c1. The van der Waals surface area contributed by atoms with Gasteiger partial charge in [-0.2, -0.15) is 0 Å². The van der Waals surface area contributed by atoms with Crippen molar-refractivity contribution < 1.29 is 13.2 Å². The molecule has 1 N–H and O–H groups in total. The molecule has 0 amide bonds. The third-order valence-electron chi connectivity index (χ3n) is 3.83. The number of halogens is 4. The second-order valence-electron chi connectivity index (χ2n) is 5.31. The zero-order chi connectivity index (χ0) is 15.0. The quantitative estimate of drug-likeness (QED) is 0.776. The zero-order valence-electron chi connectivity index (χ0n) is 11.0. The molecule has 0 aliphatic heterocycles. The van der Waals surface area contributed by atoms with Gasteiger partial charge in [-0.05, 0) is 36.5 Å². The van der Waals surface area contributed by atoms with Crippen LogP contribution < -0.4 is 5.32 Å².